The van der Waals surface area contributed by atoms with Gasteiger partial charge in [-0.2, -0.15) is 5.26 Å². The summed E-state index contributed by atoms with van der Waals surface area (Å²) in [7, 11) is 0. The average molecular weight is 317 g/mol. The number of nitrogens with two attached hydrogens (primary N) is 1. The summed E-state index contributed by atoms with van der Waals surface area (Å²) in [6.45, 7) is 1.61. The number of nitriles is 1. The summed E-state index contributed by atoms with van der Waals surface area (Å²) >= 11 is 5.98. The van der Waals surface area contributed by atoms with Crippen LogP contribution in [-0.4, -0.2) is 10.9 Å². The number of para-hydroxylation sites is 1. The molecule has 112 valence electrons. The summed E-state index contributed by atoms with van der Waals surface area (Å²) in [5.74, 6) is 5.25. The van der Waals surface area contributed by atoms with Gasteiger partial charge in [-0.05, 0) is 19.1 Å². The first-order valence-electron chi connectivity index (χ1n) is 6.36. The van der Waals surface area contributed by atoms with Crippen molar-refractivity contribution in [1.29, 1.82) is 5.26 Å². The van der Waals surface area contributed by atoms with E-state index in [-0.39, 0.29) is 22.9 Å². The minimum absolute atomic E-state index is 0.00125. The van der Waals surface area contributed by atoms with Gasteiger partial charge >= 0.3 is 0 Å². The maximum Gasteiger partial charge on any atom is 0.267 e. The predicted molar refractivity (Wildman–Crippen MR) is 81.1 cm³/mol. The highest BCUT2D eigenvalue weighted by Crippen LogP contribution is 2.25. The highest BCUT2D eigenvalue weighted by Gasteiger charge is 2.22. The molecule has 0 unspecified atom stereocenters. The van der Waals surface area contributed by atoms with E-state index < -0.39 is 5.91 Å². The third-order valence-electron chi connectivity index (χ3n) is 3.03. The second kappa shape index (κ2) is 6.89. The number of rotatable bonds is 4. The maximum absolute atomic E-state index is 12.0. The smallest absolute Gasteiger partial charge is 0.267 e. The van der Waals surface area contributed by atoms with Crippen LogP contribution in [0.3, 0.4) is 0 Å². The van der Waals surface area contributed by atoms with E-state index in [1.807, 2.05) is 29.7 Å². The van der Waals surface area contributed by atoms with Crippen molar-refractivity contribution < 1.29 is 9.53 Å². The maximum atomic E-state index is 12.0. The summed E-state index contributed by atoms with van der Waals surface area (Å²) in [5, 5.41) is 9.30. The fourth-order valence-corrected chi connectivity index (χ4v) is 2.31. The molecule has 22 heavy (non-hydrogen) atoms. The zero-order valence-corrected chi connectivity index (χ0v) is 12.5. The minimum atomic E-state index is -0.551. The Morgan fingerprint density at radius 3 is 2.73 bits per heavy atom. The Morgan fingerprint density at radius 1 is 1.45 bits per heavy atom. The number of aromatic nitrogens is 1. The number of carbonyl (C=O) groups is 1. The van der Waals surface area contributed by atoms with E-state index in [1.165, 1.54) is 0 Å². The molecule has 0 saturated carbocycles. The van der Waals surface area contributed by atoms with Crippen molar-refractivity contribution in [3.63, 3.8) is 0 Å². The Morgan fingerprint density at radius 2 is 2.14 bits per heavy atom. The number of ether oxygens (including phenoxy) is 1. The Balaban J connectivity index is 2.47. The number of nitrogen functional groups attached to an aromatic ring is 1. The van der Waals surface area contributed by atoms with E-state index >= 15 is 0 Å². The quantitative estimate of drug-likeness (QED) is 0.389. The molecule has 3 N–H and O–H groups in total. The molecule has 0 aliphatic rings. The summed E-state index contributed by atoms with van der Waals surface area (Å²) in [6.07, 6.45) is 0. The van der Waals surface area contributed by atoms with Crippen LogP contribution in [0.1, 0.15) is 27.2 Å². The fraction of sp³-hybridized carbons (Fsp3) is 0.133. The van der Waals surface area contributed by atoms with Gasteiger partial charge in [-0.15, -0.1) is 0 Å². The van der Waals surface area contributed by atoms with Crippen LogP contribution in [0.2, 0.25) is 5.15 Å². The summed E-state index contributed by atoms with van der Waals surface area (Å²) in [5.41, 5.74) is 3.06. The highest BCUT2D eigenvalue weighted by atomic mass is 35.5. The molecule has 0 atom stereocenters. The number of hydrazine groups is 1. The van der Waals surface area contributed by atoms with Crippen molar-refractivity contribution in [1.82, 2.24) is 10.4 Å². The molecule has 2 rings (SSSR count). The lowest BCUT2D eigenvalue weighted by Crippen LogP contribution is -2.32. The second-order valence-corrected chi connectivity index (χ2v) is 4.76. The van der Waals surface area contributed by atoms with Gasteiger partial charge in [0.15, 0.2) is 0 Å². The molecule has 1 aromatic carbocycles. The van der Waals surface area contributed by atoms with Crippen molar-refractivity contribution in [3.05, 3.63) is 57.9 Å². The van der Waals surface area contributed by atoms with Crippen LogP contribution in [0, 0.1) is 18.3 Å². The Labute approximate surface area is 132 Å². The van der Waals surface area contributed by atoms with E-state index in [2.05, 4.69) is 4.98 Å². The van der Waals surface area contributed by atoms with E-state index in [0.717, 1.165) is 0 Å². The number of hydrogen-bond donors (Lipinski definition) is 2. The molecule has 0 fully saturated rings. The molecule has 0 saturated heterocycles. The van der Waals surface area contributed by atoms with Crippen molar-refractivity contribution in [3.8, 4) is 11.8 Å². The van der Waals surface area contributed by atoms with E-state index in [9.17, 15) is 10.1 Å². The summed E-state index contributed by atoms with van der Waals surface area (Å²) in [4.78, 5) is 16.0. The Bertz CT molecular complexity index is 741. The van der Waals surface area contributed by atoms with Crippen molar-refractivity contribution in [2.24, 2.45) is 5.84 Å². The molecule has 6 nitrogen and oxygen atoms in total. The standard InChI is InChI=1S/C15H13ClN4O2/c1-9-13(15(21)20-18)12(11(7-17)14(16)19-9)8-22-10-5-3-2-4-6-10/h2-6H,8,18H2,1H3,(H,20,21). The van der Waals surface area contributed by atoms with Crippen molar-refractivity contribution in [2.75, 3.05) is 0 Å². The van der Waals surface area contributed by atoms with E-state index in [1.54, 1.807) is 19.1 Å². The van der Waals surface area contributed by atoms with Crippen LogP contribution < -0.4 is 16.0 Å². The zero-order chi connectivity index (χ0) is 16.1. The third kappa shape index (κ3) is 3.17. The lowest BCUT2D eigenvalue weighted by molar-refractivity contribution is 0.0950. The molecular weight excluding hydrogens is 304 g/mol. The number of aryl methyl sites for hydroxylation is 1. The fourth-order valence-electron chi connectivity index (χ4n) is 2.03. The lowest BCUT2D eigenvalue weighted by atomic mass is 10.0. The van der Waals surface area contributed by atoms with Gasteiger partial charge in [-0.25, -0.2) is 10.8 Å². The van der Waals surface area contributed by atoms with Crippen LogP contribution >= 0.6 is 11.6 Å². The number of pyridine rings is 1. The van der Waals surface area contributed by atoms with Gasteiger partial charge in [0.05, 0.1) is 16.8 Å². The predicted octanol–water partition coefficient (Wildman–Crippen LogP) is 2.10. The molecule has 0 aliphatic carbocycles. The minimum Gasteiger partial charge on any atom is -0.489 e. The highest BCUT2D eigenvalue weighted by molar-refractivity contribution is 6.30. The number of nitrogens with zero attached hydrogens (tertiary/aromatic N) is 2. The summed E-state index contributed by atoms with van der Waals surface area (Å²) in [6, 6.07) is 11.0. The largest absolute Gasteiger partial charge is 0.489 e. The van der Waals surface area contributed by atoms with Gasteiger partial charge in [0.2, 0.25) is 0 Å². The van der Waals surface area contributed by atoms with E-state index in [0.29, 0.717) is 17.0 Å². The van der Waals surface area contributed by atoms with Gasteiger partial charge < -0.3 is 4.74 Å². The van der Waals surface area contributed by atoms with Crippen molar-refractivity contribution >= 4 is 17.5 Å². The van der Waals surface area contributed by atoms with Crippen molar-refractivity contribution in [2.45, 2.75) is 13.5 Å². The Kier molecular flexibility index (Phi) is 4.94. The number of nitrogens with one attached hydrogen (secondary N) is 1. The number of hydrogen-bond acceptors (Lipinski definition) is 5. The number of carbonyl (C=O) groups excluding carboxylic acids is 1. The number of amides is 1. The molecule has 2 aromatic rings. The first-order valence-corrected chi connectivity index (χ1v) is 6.74. The molecular formula is C15H13ClN4O2. The molecule has 1 amide bonds. The van der Waals surface area contributed by atoms with Crippen LogP contribution in [0.4, 0.5) is 0 Å². The molecule has 7 heteroatoms. The topological polar surface area (TPSA) is 101 Å². The second-order valence-electron chi connectivity index (χ2n) is 4.40. The molecule has 1 aromatic heterocycles. The molecule has 0 aliphatic heterocycles. The van der Waals surface area contributed by atoms with Gasteiger partial charge in [0, 0.05) is 5.56 Å². The molecule has 0 radical (unpaired) electrons. The number of benzene rings is 1. The van der Waals surface area contributed by atoms with E-state index in [4.69, 9.17) is 22.2 Å². The molecule has 0 spiro atoms. The van der Waals surface area contributed by atoms with Crippen LogP contribution in [0.25, 0.3) is 0 Å². The first-order chi connectivity index (χ1) is 10.6. The van der Waals surface area contributed by atoms with Crippen LogP contribution in [-0.2, 0) is 6.61 Å². The SMILES string of the molecule is Cc1nc(Cl)c(C#N)c(COc2ccccc2)c1C(=O)NN. The zero-order valence-electron chi connectivity index (χ0n) is 11.8. The summed E-state index contributed by atoms with van der Waals surface area (Å²) < 4.78 is 5.62. The van der Waals surface area contributed by atoms with Gasteiger partial charge in [0.1, 0.15) is 23.6 Å². The van der Waals surface area contributed by atoms with Gasteiger partial charge in [-0.3, -0.25) is 10.2 Å². The average Bonchev–Trinajstić information content (AvgIpc) is 2.53. The third-order valence-corrected chi connectivity index (χ3v) is 3.31. The number of halogens is 1. The lowest BCUT2D eigenvalue weighted by Gasteiger charge is -2.14. The van der Waals surface area contributed by atoms with Gasteiger partial charge in [0.25, 0.3) is 5.91 Å². The Hall–Kier alpha value is -2.62. The van der Waals surface area contributed by atoms with Gasteiger partial charge in [-0.1, -0.05) is 29.8 Å². The normalized spacial score (nSPS) is 9.91. The first kappa shape index (κ1) is 15.8. The molecule has 1 heterocycles. The monoisotopic (exact) mass is 316 g/mol. The van der Waals surface area contributed by atoms with Crippen LogP contribution in [0.15, 0.2) is 30.3 Å². The van der Waals surface area contributed by atoms with Crippen LogP contribution in [0.5, 0.6) is 5.75 Å². The molecule has 0 bridgehead atoms.